The van der Waals surface area contributed by atoms with Crippen molar-refractivity contribution in [3.05, 3.63) is 33.3 Å². The van der Waals surface area contributed by atoms with E-state index in [2.05, 4.69) is 0 Å². The van der Waals surface area contributed by atoms with Crippen LogP contribution in [0, 0.1) is 10.1 Å². The lowest BCUT2D eigenvalue weighted by atomic mass is 10.1. The Hall–Kier alpha value is -1.86. The number of hydrogen-bond acceptors (Lipinski definition) is 5. The smallest absolute Gasteiger partial charge is 0.401 e. The van der Waals surface area contributed by atoms with E-state index >= 15 is 0 Å². The molecule has 0 N–H and O–H groups in total. The van der Waals surface area contributed by atoms with Gasteiger partial charge in [0.15, 0.2) is 0 Å². The molecule has 1 aromatic rings. The Morgan fingerprint density at radius 3 is 2.45 bits per heavy atom. The van der Waals surface area contributed by atoms with Crippen LogP contribution in [0.15, 0.2) is 18.2 Å². The second-order valence-corrected chi connectivity index (χ2v) is 5.32. The minimum absolute atomic E-state index is 0.220. The minimum Gasteiger partial charge on any atom is -0.401 e. The maximum absolute atomic E-state index is 12.0. The third kappa shape index (κ3) is 3.82. The fraction of sp³-hybridized carbons (Fsp3) is 0.417. The van der Waals surface area contributed by atoms with Crippen LogP contribution in [0.1, 0.15) is 20.8 Å². The van der Waals surface area contributed by atoms with E-state index in [4.69, 9.17) is 21.2 Å². The van der Waals surface area contributed by atoms with Crippen LogP contribution in [-0.4, -0.2) is 28.7 Å². The van der Waals surface area contributed by atoms with Crippen molar-refractivity contribution in [1.82, 2.24) is 5.06 Å². The van der Waals surface area contributed by atoms with E-state index in [9.17, 15) is 14.9 Å². The first-order valence-electron chi connectivity index (χ1n) is 5.67. The molecule has 7 nitrogen and oxygen atoms in total. The number of nitro groups is 1. The highest BCUT2D eigenvalue weighted by Crippen LogP contribution is 2.31. The van der Waals surface area contributed by atoms with Gasteiger partial charge in [-0.25, -0.2) is 4.79 Å². The number of ether oxygens (including phenoxy) is 1. The van der Waals surface area contributed by atoms with Crippen LogP contribution in [-0.2, 0) is 4.84 Å². The molecule has 0 unspecified atom stereocenters. The summed E-state index contributed by atoms with van der Waals surface area (Å²) in [5.74, 6) is -0.237. The Labute approximate surface area is 121 Å². The van der Waals surface area contributed by atoms with Crippen LogP contribution in [0.2, 0.25) is 5.02 Å². The quantitative estimate of drug-likeness (QED) is 0.631. The first-order chi connectivity index (χ1) is 9.16. The number of halogens is 1. The standard InChI is InChI=1S/C12H15ClN2O5/c1-12(2,3)14(19-4)11(16)20-10-7-8(13)5-6-9(10)15(17)18/h5-7H,1-4H3. The number of amides is 1. The summed E-state index contributed by atoms with van der Waals surface area (Å²) in [4.78, 5) is 27.1. The normalized spacial score (nSPS) is 11.1. The predicted molar refractivity (Wildman–Crippen MR) is 72.7 cm³/mol. The van der Waals surface area contributed by atoms with E-state index in [1.54, 1.807) is 20.8 Å². The third-order valence-electron chi connectivity index (χ3n) is 2.27. The number of nitro benzene ring substituents is 1. The second-order valence-electron chi connectivity index (χ2n) is 4.88. The fourth-order valence-corrected chi connectivity index (χ4v) is 1.64. The predicted octanol–water partition coefficient (Wildman–Crippen LogP) is 3.41. The zero-order valence-corrected chi connectivity index (χ0v) is 12.3. The van der Waals surface area contributed by atoms with Gasteiger partial charge in [0.25, 0.3) is 0 Å². The molecule has 0 atom stereocenters. The topological polar surface area (TPSA) is 81.9 Å². The van der Waals surface area contributed by atoms with E-state index in [1.807, 2.05) is 0 Å². The number of hydroxylamine groups is 2. The summed E-state index contributed by atoms with van der Waals surface area (Å²) in [6.45, 7) is 5.18. The highest BCUT2D eigenvalue weighted by Gasteiger charge is 2.30. The summed E-state index contributed by atoms with van der Waals surface area (Å²) >= 11 is 5.75. The van der Waals surface area contributed by atoms with Gasteiger partial charge in [0.1, 0.15) is 0 Å². The number of benzene rings is 1. The number of carbonyl (C=O) groups excluding carboxylic acids is 1. The SMILES string of the molecule is CON(C(=O)Oc1cc(Cl)ccc1[N+](=O)[O-])C(C)(C)C. The largest absolute Gasteiger partial charge is 0.440 e. The molecule has 0 aliphatic carbocycles. The number of carbonyl (C=O) groups is 1. The van der Waals surface area contributed by atoms with Gasteiger partial charge in [-0.15, -0.1) is 0 Å². The second kappa shape index (κ2) is 6.06. The Kier molecular flexibility index (Phi) is 4.91. The highest BCUT2D eigenvalue weighted by atomic mass is 35.5. The molecule has 0 bridgehead atoms. The van der Waals surface area contributed by atoms with E-state index in [0.29, 0.717) is 0 Å². The summed E-state index contributed by atoms with van der Waals surface area (Å²) in [6, 6.07) is 3.71. The Balaban J connectivity index is 3.06. The van der Waals surface area contributed by atoms with Crippen molar-refractivity contribution >= 4 is 23.4 Å². The van der Waals surface area contributed by atoms with Gasteiger partial charge in [-0.05, 0) is 26.8 Å². The molecular formula is C12H15ClN2O5. The van der Waals surface area contributed by atoms with Gasteiger partial charge in [0, 0.05) is 17.2 Å². The first-order valence-corrected chi connectivity index (χ1v) is 6.04. The van der Waals surface area contributed by atoms with E-state index < -0.39 is 16.6 Å². The van der Waals surface area contributed by atoms with Gasteiger partial charge in [0.05, 0.1) is 17.6 Å². The van der Waals surface area contributed by atoms with Crippen LogP contribution < -0.4 is 4.74 Å². The minimum atomic E-state index is -0.870. The van der Waals surface area contributed by atoms with Gasteiger partial charge in [-0.3, -0.25) is 15.0 Å². The molecule has 0 heterocycles. The Bertz CT molecular complexity index is 527. The summed E-state index contributed by atoms with van der Waals surface area (Å²) < 4.78 is 5.00. The molecule has 0 fully saturated rings. The Morgan fingerprint density at radius 1 is 1.40 bits per heavy atom. The lowest BCUT2D eigenvalue weighted by Gasteiger charge is -2.31. The maximum Gasteiger partial charge on any atom is 0.440 e. The van der Waals surface area contributed by atoms with Crippen molar-refractivity contribution in [2.45, 2.75) is 26.3 Å². The summed E-state index contributed by atoms with van der Waals surface area (Å²) in [6.07, 6.45) is -0.870. The lowest BCUT2D eigenvalue weighted by Crippen LogP contribution is -2.46. The highest BCUT2D eigenvalue weighted by molar-refractivity contribution is 6.30. The molecular weight excluding hydrogens is 288 g/mol. The van der Waals surface area contributed by atoms with E-state index in [0.717, 1.165) is 5.06 Å². The van der Waals surface area contributed by atoms with Crippen molar-refractivity contribution < 1.29 is 19.3 Å². The van der Waals surface area contributed by atoms with Gasteiger partial charge in [-0.1, -0.05) is 11.6 Å². The van der Waals surface area contributed by atoms with Crippen LogP contribution in [0.5, 0.6) is 5.75 Å². The monoisotopic (exact) mass is 302 g/mol. The molecule has 0 saturated heterocycles. The van der Waals surface area contributed by atoms with Crippen molar-refractivity contribution in [2.75, 3.05) is 7.11 Å². The molecule has 1 rings (SSSR count). The van der Waals surface area contributed by atoms with E-state index in [-0.39, 0.29) is 16.5 Å². The van der Waals surface area contributed by atoms with Crippen molar-refractivity contribution in [3.8, 4) is 5.75 Å². The lowest BCUT2D eigenvalue weighted by molar-refractivity contribution is -0.385. The molecule has 0 aliphatic rings. The zero-order valence-electron chi connectivity index (χ0n) is 11.5. The van der Waals surface area contributed by atoms with Crippen LogP contribution >= 0.6 is 11.6 Å². The molecule has 0 aromatic heterocycles. The van der Waals surface area contributed by atoms with Crippen molar-refractivity contribution in [2.24, 2.45) is 0 Å². The third-order valence-corrected chi connectivity index (χ3v) is 2.51. The molecule has 1 amide bonds. The van der Waals surface area contributed by atoms with Crippen LogP contribution in [0.3, 0.4) is 0 Å². The van der Waals surface area contributed by atoms with Crippen molar-refractivity contribution in [1.29, 1.82) is 0 Å². The molecule has 0 saturated carbocycles. The molecule has 1 aromatic carbocycles. The van der Waals surface area contributed by atoms with Gasteiger partial charge in [-0.2, -0.15) is 5.06 Å². The summed E-state index contributed by atoms with van der Waals surface area (Å²) in [7, 11) is 1.30. The van der Waals surface area contributed by atoms with Gasteiger partial charge < -0.3 is 4.74 Å². The molecule has 0 radical (unpaired) electrons. The molecule has 110 valence electrons. The average molecular weight is 303 g/mol. The molecule has 0 spiro atoms. The number of nitrogens with zero attached hydrogens (tertiary/aromatic N) is 2. The summed E-state index contributed by atoms with van der Waals surface area (Å²) in [5, 5.41) is 12.1. The van der Waals surface area contributed by atoms with Crippen molar-refractivity contribution in [3.63, 3.8) is 0 Å². The van der Waals surface area contributed by atoms with E-state index in [1.165, 1.54) is 25.3 Å². The molecule has 0 aliphatic heterocycles. The van der Waals surface area contributed by atoms with Gasteiger partial charge >= 0.3 is 11.8 Å². The van der Waals surface area contributed by atoms with Gasteiger partial charge in [0.2, 0.25) is 5.75 Å². The molecule has 20 heavy (non-hydrogen) atoms. The van der Waals surface area contributed by atoms with Crippen LogP contribution in [0.25, 0.3) is 0 Å². The number of hydrogen-bond donors (Lipinski definition) is 0. The number of rotatable bonds is 3. The zero-order chi connectivity index (χ0) is 15.5. The summed E-state index contributed by atoms with van der Waals surface area (Å²) in [5.41, 5.74) is -1.02. The Morgan fingerprint density at radius 2 is 2.00 bits per heavy atom. The first kappa shape index (κ1) is 16.2. The average Bonchev–Trinajstić information content (AvgIpc) is 2.27. The maximum atomic E-state index is 12.0. The molecule has 8 heteroatoms. The fourth-order valence-electron chi connectivity index (χ4n) is 1.48. The van der Waals surface area contributed by atoms with Crippen LogP contribution in [0.4, 0.5) is 10.5 Å².